The Balaban J connectivity index is 1.26. The Morgan fingerprint density at radius 3 is 2.57 bits per heavy atom. The number of nitrogens with zero attached hydrogens (tertiary/aromatic N) is 3. The van der Waals surface area contributed by atoms with Crippen molar-refractivity contribution in [2.75, 3.05) is 13.1 Å². The van der Waals surface area contributed by atoms with Gasteiger partial charge >= 0.3 is 5.63 Å². The highest BCUT2D eigenvalue weighted by Gasteiger charge is 2.29. The molecule has 0 bridgehead atoms. The number of rotatable bonds is 4. The molecule has 5 rings (SSSR count). The highest BCUT2D eigenvalue weighted by atomic mass is 35.5. The molecule has 0 atom stereocenters. The number of carbonyl (C=O) groups is 1. The third-order valence-electron chi connectivity index (χ3n) is 6.18. The Labute approximate surface area is 215 Å². The average molecular weight is 530 g/mol. The summed E-state index contributed by atoms with van der Waals surface area (Å²) in [6, 6.07) is 8.51. The van der Waals surface area contributed by atoms with Gasteiger partial charge in [0.05, 0.1) is 20.6 Å². The topological polar surface area (TPSA) is 89.4 Å². The number of likely N-dealkylation sites (tertiary alicyclic amines) is 1. The maximum absolute atomic E-state index is 13.1. The molecule has 1 fully saturated rings. The number of aromatic nitrogens is 2. The highest BCUT2D eigenvalue weighted by Crippen LogP contribution is 2.35. The van der Waals surface area contributed by atoms with Crippen molar-refractivity contribution in [2.45, 2.75) is 32.6 Å². The number of piperidine rings is 1. The van der Waals surface area contributed by atoms with E-state index in [-0.39, 0.29) is 11.8 Å². The lowest BCUT2D eigenvalue weighted by Crippen LogP contribution is -2.38. The van der Waals surface area contributed by atoms with Gasteiger partial charge in [-0.3, -0.25) is 4.79 Å². The van der Waals surface area contributed by atoms with Gasteiger partial charge in [0.25, 0.3) is 5.91 Å². The Bertz CT molecular complexity index is 1440. The first-order valence-electron chi connectivity index (χ1n) is 11.1. The van der Waals surface area contributed by atoms with E-state index < -0.39 is 5.63 Å². The lowest BCUT2D eigenvalue weighted by Gasteiger charge is -2.31. The van der Waals surface area contributed by atoms with Gasteiger partial charge in [-0.1, -0.05) is 34.4 Å². The summed E-state index contributed by atoms with van der Waals surface area (Å²) >= 11 is 13.7. The molecule has 0 unspecified atom stereocenters. The van der Waals surface area contributed by atoms with Crippen LogP contribution in [0.3, 0.4) is 0 Å². The predicted molar refractivity (Wildman–Crippen MR) is 135 cm³/mol. The second-order valence-electron chi connectivity index (χ2n) is 8.52. The molecule has 1 amide bonds. The molecule has 4 heterocycles. The molecule has 1 aliphatic rings. The summed E-state index contributed by atoms with van der Waals surface area (Å²) in [6.45, 7) is 4.64. The third kappa shape index (κ3) is 4.78. The van der Waals surface area contributed by atoms with Crippen LogP contribution in [0.15, 0.2) is 49.4 Å². The van der Waals surface area contributed by atoms with Crippen molar-refractivity contribution < 1.29 is 13.7 Å². The van der Waals surface area contributed by atoms with Crippen LogP contribution >= 0.6 is 34.5 Å². The van der Waals surface area contributed by atoms with Gasteiger partial charge in [-0.2, -0.15) is 0 Å². The van der Waals surface area contributed by atoms with Crippen LogP contribution < -0.4 is 5.63 Å². The molecule has 0 aliphatic carbocycles. The quantitative estimate of drug-likeness (QED) is 0.305. The number of aryl methyl sites for hydroxylation is 2. The maximum Gasteiger partial charge on any atom is 0.336 e. The number of benzene rings is 1. The number of carbonyl (C=O) groups excluding carboxylic acids is 1. The van der Waals surface area contributed by atoms with Crippen molar-refractivity contribution in [3.05, 3.63) is 78.1 Å². The zero-order chi connectivity index (χ0) is 24.7. The SMILES string of the molecule is Cc1cc(=O)oc(C)c1C(=O)N1CCC(c2nc(-c3cc(-c4ccc(Cl)c(Cl)c4)no3)cs2)CC1. The van der Waals surface area contributed by atoms with Crippen LogP contribution in [0.1, 0.15) is 45.4 Å². The van der Waals surface area contributed by atoms with E-state index in [1.54, 1.807) is 37.3 Å². The van der Waals surface area contributed by atoms with Crippen molar-refractivity contribution in [3.8, 4) is 22.7 Å². The molecule has 4 aromatic rings. The fourth-order valence-electron chi connectivity index (χ4n) is 4.34. The van der Waals surface area contributed by atoms with E-state index in [0.29, 0.717) is 51.5 Å². The minimum absolute atomic E-state index is 0.0986. The molecule has 7 nitrogen and oxygen atoms in total. The number of amides is 1. The van der Waals surface area contributed by atoms with E-state index in [2.05, 4.69) is 5.16 Å². The van der Waals surface area contributed by atoms with Gasteiger partial charge in [-0.05, 0) is 44.4 Å². The van der Waals surface area contributed by atoms with Crippen molar-refractivity contribution in [2.24, 2.45) is 0 Å². The molecule has 3 aromatic heterocycles. The second-order valence-corrected chi connectivity index (χ2v) is 10.2. The molecule has 180 valence electrons. The zero-order valence-electron chi connectivity index (χ0n) is 19.0. The Hall–Kier alpha value is -2.94. The Morgan fingerprint density at radius 2 is 1.86 bits per heavy atom. The number of hydrogen-bond donors (Lipinski definition) is 0. The van der Waals surface area contributed by atoms with Gasteiger partial charge in [0.2, 0.25) is 0 Å². The van der Waals surface area contributed by atoms with Crippen LogP contribution in [-0.2, 0) is 0 Å². The monoisotopic (exact) mass is 529 g/mol. The van der Waals surface area contributed by atoms with Crippen LogP contribution in [0.2, 0.25) is 10.0 Å². The molecular weight excluding hydrogens is 509 g/mol. The van der Waals surface area contributed by atoms with Gasteiger partial charge in [0.15, 0.2) is 5.76 Å². The van der Waals surface area contributed by atoms with Crippen molar-refractivity contribution in [1.82, 2.24) is 15.0 Å². The van der Waals surface area contributed by atoms with E-state index in [9.17, 15) is 9.59 Å². The molecule has 35 heavy (non-hydrogen) atoms. The number of halogens is 2. The minimum atomic E-state index is -0.439. The molecule has 0 radical (unpaired) electrons. The molecule has 1 aliphatic heterocycles. The molecule has 1 saturated heterocycles. The van der Waals surface area contributed by atoms with E-state index >= 15 is 0 Å². The molecule has 1 aromatic carbocycles. The van der Waals surface area contributed by atoms with Gasteiger partial charge in [-0.25, -0.2) is 9.78 Å². The first-order chi connectivity index (χ1) is 16.8. The molecule has 0 spiro atoms. The summed E-state index contributed by atoms with van der Waals surface area (Å²) in [6.07, 6.45) is 1.61. The summed E-state index contributed by atoms with van der Waals surface area (Å²) in [5, 5.41) is 8.06. The van der Waals surface area contributed by atoms with Crippen LogP contribution in [0.5, 0.6) is 0 Å². The van der Waals surface area contributed by atoms with Crippen LogP contribution in [0.25, 0.3) is 22.7 Å². The van der Waals surface area contributed by atoms with Gasteiger partial charge in [-0.15, -0.1) is 11.3 Å². The second kappa shape index (κ2) is 9.60. The van der Waals surface area contributed by atoms with E-state index in [4.69, 9.17) is 37.1 Å². The van der Waals surface area contributed by atoms with Gasteiger partial charge in [0, 0.05) is 42.1 Å². The van der Waals surface area contributed by atoms with Crippen molar-refractivity contribution >= 4 is 40.4 Å². The maximum atomic E-state index is 13.1. The molecule has 0 saturated carbocycles. The first kappa shape index (κ1) is 23.8. The first-order valence-corrected chi connectivity index (χ1v) is 12.7. The minimum Gasteiger partial charge on any atom is -0.427 e. The van der Waals surface area contributed by atoms with Crippen molar-refractivity contribution in [3.63, 3.8) is 0 Å². The largest absolute Gasteiger partial charge is 0.427 e. The van der Waals surface area contributed by atoms with Crippen LogP contribution in [-0.4, -0.2) is 34.0 Å². The number of hydrogen-bond acceptors (Lipinski definition) is 7. The Kier molecular flexibility index (Phi) is 6.53. The lowest BCUT2D eigenvalue weighted by molar-refractivity contribution is 0.0708. The normalized spacial score (nSPS) is 14.5. The smallest absolute Gasteiger partial charge is 0.336 e. The van der Waals surface area contributed by atoms with Crippen LogP contribution in [0.4, 0.5) is 0 Å². The standard InChI is InChI=1S/C25H21Cl2N3O4S/c1-13-9-22(31)33-14(2)23(13)25(32)30-7-5-15(6-8-30)24-28-20(12-35-24)21-11-19(29-34-21)16-3-4-17(26)18(27)10-16/h3-4,9-12,15H,5-8H2,1-2H3. The molecule has 10 heteroatoms. The predicted octanol–water partition coefficient (Wildman–Crippen LogP) is 6.36. The lowest BCUT2D eigenvalue weighted by atomic mass is 9.96. The third-order valence-corrected chi connectivity index (χ3v) is 7.93. The van der Waals surface area contributed by atoms with E-state index in [1.807, 2.05) is 22.4 Å². The molecule has 0 N–H and O–H groups in total. The highest BCUT2D eigenvalue weighted by molar-refractivity contribution is 7.10. The van der Waals surface area contributed by atoms with Crippen molar-refractivity contribution in [1.29, 1.82) is 0 Å². The number of thiazole rings is 1. The Morgan fingerprint density at radius 1 is 1.09 bits per heavy atom. The fraction of sp³-hybridized carbons (Fsp3) is 0.280. The van der Waals surface area contributed by atoms with Gasteiger partial charge < -0.3 is 13.8 Å². The summed E-state index contributed by atoms with van der Waals surface area (Å²) in [4.78, 5) is 31.2. The zero-order valence-corrected chi connectivity index (χ0v) is 21.3. The van der Waals surface area contributed by atoms with E-state index in [0.717, 1.165) is 29.1 Å². The van der Waals surface area contributed by atoms with Crippen LogP contribution in [0, 0.1) is 13.8 Å². The summed E-state index contributed by atoms with van der Waals surface area (Å²) in [7, 11) is 0. The summed E-state index contributed by atoms with van der Waals surface area (Å²) in [5.74, 6) is 1.10. The van der Waals surface area contributed by atoms with Gasteiger partial charge in [0.1, 0.15) is 17.1 Å². The molecular formula is C25H21Cl2N3O4S. The summed E-state index contributed by atoms with van der Waals surface area (Å²) in [5.41, 5.74) is 2.87. The average Bonchev–Trinajstić information content (AvgIpc) is 3.50. The van der Waals surface area contributed by atoms with E-state index in [1.165, 1.54) is 6.07 Å². The summed E-state index contributed by atoms with van der Waals surface area (Å²) < 4.78 is 10.7. The fourth-order valence-corrected chi connectivity index (χ4v) is 5.62.